The van der Waals surface area contributed by atoms with Crippen molar-refractivity contribution in [2.75, 3.05) is 11.5 Å². The minimum absolute atomic E-state index is 0.108. The van der Waals surface area contributed by atoms with Gasteiger partial charge in [-0.1, -0.05) is 102 Å². The lowest BCUT2D eigenvalue weighted by Crippen LogP contribution is -2.13. The van der Waals surface area contributed by atoms with Crippen LogP contribution in [0.15, 0.2) is 60.7 Å². The standard InChI is InChI=1S/C42H54O2S/c1-27-29(3)39(43)37(41(5,6)7)25-35(27)23-33-17-13-11-15-31(33)19-21-45-22-20-32-16-12-14-18-34(32)24-36-26-38(42(8,9)10)40(44)30(4)28(36)2/h11-18,25-26,43-44H,19-24H2,1-10H3. The first-order valence-corrected chi connectivity index (χ1v) is 17.6. The molecule has 0 unspecified atom stereocenters. The van der Waals surface area contributed by atoms with Crippen molar-refractivity contribution in [3.8, 4) is 11.5 Å². The van der Waals surface area contributed by atoms with E-state index in [1.807, 2.05) is 25.6 Å². The molecule has 0 aliphatic rings. The van der Waals surface area contributed by atoms with Crippen LogP contribution in [-0.4, -0.2) is 21.7 Å². The van der Waals surface area contributed by atoms with Gasteiger partial charge in [0, 0.05) is 0 Å². The minimum atomic E-state index is -0.108. The maximum absolute atomic E-state index is 10.9. The molecule has 4 rings (SSSR count). The average Bonchev–Trinajstić information content (AvgIpc) is 2.97. The summed E-state index contributed by atoms with van der Waals surface area (Å²) >= 11 is 2.03. The van der Waals surface area contributed by atoms with Crippen LogP contribution in [0.1, 0.15) is 108 Å². The first kappa shape index (κ1) is 34.7. The fourth-order valence-electron chi connectivity index (χ4n) is 6.28. The zero-order valence-electron chi connectivity index (χ0n) is 29.3. The SMILES string of the molecule is Cc1c(Cc2ccccc2CCSCCc2ccccc2Cc2cc(C(C)(C)C)c(O)c(C)c2C)cc(C(C)(C)C)c(O)c1C. The van der Waals surface area contributed by atoms with Crippen molar-refractivity contribution >= 4 is 11.8 Å². The Bertz CT molecular complexity index is 1530. The van der Waals surface area contributed by atoms with E-state index >= 15 is 0 Å². The number of hydrogen-bond donors (Lipinski definition) is 2. The van der Waals surface area contributed by atoms with Gasteiger partial charge in [0.2, 0.25) is 0 Å². The Balaban J connectivity index is 1.42. The Morgan fingerprint density at radius 3 is 1.16 bits per heavy atom. The molecule has 0 aliphatic heterocycles. The number of thioether (sulfide) groups is 1. The predicted molar refractivity (Wildman–Crippen MR) is 196 cm³/mol. The van der Waals surface area contributed by atoms with Gasteiger partial charge in [-0.05, 0) is 142 Å². The molecule has 2 N–H and O–H groups in total. The van der Waals surface area contributed by atoms with Gasteiger partial charge < -0.3 is 10.2 Å². The highest BCUT2D eigenvalue weighted by Gasteiger charge is 2.23. The molecule has 0 saturated carbocycles. The summed E-state index contributed by atoms with van der Waals surface area (Å²) in [6, 6.07) is 22.2. The smallest absolute Gasteiger partial charge is 0.122 e. The van der Waals surface area contributed by atoms with Gasteiger partial charge in [-0.3, -0.25) is 0 Å². The quantitative estimate of drug-likeness (QED) is 0.173. The second-order valence-corrected chi connectivity index (χ2v) is 16.1. The summed E-state index contributed by atoms with van der Waals surface area (Å²) in [5.41, 5.74) is 14.4. The number of aromatic hydroxyl groups is 2. The van der Waals surface area contributed by atoms with Crippen LogP contribution in [0.5, 0.6) is 11.5 Å². The molecular formula is C42H54O2S. The van der Waals surface area contributed by atoms with Crippen molar-refractivity contribution in [2.24, 2.45) is 0 Å². The molecule has 0 bridgehead atoms. The molecule has 0 fully saturated rings. The van der Waals surface area contributed by atoms with Crippen LogP contribution >= 0.6 is 11.8 Å². The Morgan fingerprint density at radius 1 is 0.489 bits per heavy atom. The van der Waals surface area contributed by atoms with E-state index in [-0.39, 0.29) is 10.8 Å². The molecule has 0 amide bonds. The normalized spacial score (nSPS) is 12.1. The molecule has 0 atom stereocenters. The van der Waals surface area contributed by atoms with Crippen molar-refractivity contribution in [1.29, 1.82) is 0 Å². The molecule has 0 heterocycles. The maximum Gasteiger partial charge on any atom is 0.122 e. The van der Waals surface area contributed by atoms with Gasteiger partial charge in [0.25, 0.3) is 0 Å². The van der Waals surface area contributed by atoms with E-state index in [0.717, 1.165) is 59.4 Å². The van der Waals surface area contributed by atoms with Crippen molar-refractivity contribution in [1.82, 2.24) is 0 Å². The van der Waals surface area contributed by atoms with Crippen LogP contribution in [0.25, 0.3) is 0 Å². The molecule has 3 heteroatoms. The fraction of sp³-hybridized carbons (Fsp3) is 0.429. The topological polar surface area (TPSA) is 40.5 Å². The van der Waals surface area contributed by atoms with Gasteiger partial charge in [-0.15, -0.1) is 0 Å². The Hall–Kier alpha value is -3.17. The lowest BCUT2D eigenvalue weighted by molar-refractivity contribution is 0.441. The van der Waals surface area contributed by atoms with Gasteiger partial charge in [-0.2, -0.15) is 11.8 Å². The first-order chi connectivity index (χ1) is 21.1. The Labute approximate surface area is 277 Å². The summed E-state index contributed by atoms with van der Waals surface area (Å²) in [4.78, 5) is 0. The second kappa shape index (κ2) is 14.1. The van der Waals surface area contributed by atoms with Crippen LogP contribution in [-0.2, 0) is 36.5 Å². The Kier molecular flexibility index (Phi) is 10.9. The molecular weight excluding hydrogens is 569 g/mol. The van der Waals surface area contributed by atoms with Crippen LogP contribution in [0.4, 0.5) is 0 Å². The van der Waals surface area contributed by atoms with E-state index < -0.39 is 0 Å². The van der Waals surface area contributed by atoms with E-state index in [2.05, 4.69) is 116 Å². The molecule has 0 saturated heterocycles. The molecule has 0 aromatic heterocycles. The molecule has 240 valence electrons. The lowest BCUT2D eigenvalue weighted by Gasteiger charge is -2.24. The monoisotopic (exact) mass is 622 g/mol. The van der Waals surface area contributed by atoms with Gasteiger partial charge in [0.1, 0.15) is 11.5 Å². The highest BCUT2D eigenvalue weighted by Crippen LogP contribution is 2.38. The zero-order valence-corrected chi connectivity index (χ0v) is 30.1. The molecule has 0 radical (unpaired) electrons. The van der Waals surface area contributed by atoms with Crippen LogP contribution in [0.3, 0.4) is 0 Å². The van der Waals surface area contributed by atoms with Crippen molar-refractivity contribution in [2.45, 2.75) is 106 Å². The van der Waals surface area contributed by atoms with Gasteiger partial charge in [-0.25, -0.2) is 0 Å². The summed E-state index contributed by atoms with van der Waals surface area (Å²) in [5.74, 6) is 3.06. The molecule has 45 heavy (non-hydrogen) atoms. The number of hydrogen-bond acceptors (Lipinski definition) is 3. The number of phenols is 2. The number of benzene rings is 4. The third kappa shape index (κ3) is 8.17. The van der Waals surface area contributed by atoms with E-state index in [0.29, 0.717) is 11.5 Å². The van der Waals surface area contributed by atoms with Crippen LogP contribution < -0.4 is 0 Å². The summed E-state index contributed by atoms with van der Waals surface area (Å²) in [5, 5.41) is 21.7. The summed E-state index contributed by atoms with van der Waals surface area (Å²) in [7, 11) is 0. The number of aryl methyl sites for hydroxylation is 2. The van der Waals surface area contributed by atoms with Gasteiger partial charge in [0.05, 0.1) is 0 Å². The molecule has 4 aromatic carbocycles. The highest BCUT2D eigenvalue weighted by atomic mass is 32.2. The molecule has 2 nitrogen and oxygen atoms in total. The zero-order chi connectivity index (χ0) is 33.1. The van der Waals surface area contributed by atoms with E-state index in [1.165, 1.54) is 44.5 Å². The summed E-state index contributed by atoms with van der Waals surface area (Å²) < 4.78 is 0. The fourth-order valence-corrected chi connectivity index (χ4v) is 7.21. The van der Waals surface area contributed by atoms with Crippen LogP contribution in [0, 0.1) is 27.7 Å². The van der Waals surface area contributed by atoms with Crippen molar-refractivity contribution < 1.29 is 10.2 Å². The van der Waals surface area contributed by atoms with E-state index in [4.69, 9.17) is 0 Å². The molecule has 0 aliphatic carbocycles. The van der Waals surface area contributed by atoms with E-state index in [1.54, 1.807) is 0 Å². The minimum Gasteiger partial charge on any atom is -0.507 e. The molecule has 0 spiro atoms. The van der Waals surface area contributed by atoms with E-state index in [9.17, 15) is 10.2 Å². The third-order valence-corrected chi connectivity index (χ3v) is 10.6. The second-order valence-electron chi connectivity index (χ2n) is 14.9. The van der Waals surface area contributed by atoms with Crippen molar-refractivity contribution in [3.63, 3.8) is 0 Å². The van der Waals surface area contributed by atoms with Crippen molar-refractivity contribution in [3.05, 3.63) is 127 Å². The number of rotatable bonds is 10. The largest absolute Gasteiger partial charge is 0.507 e. The van der Waals surface area contributed by atoms with Gasteiger partial charge >= 0.3 is 0 Å². The van der Waals surface area contributed by atoms with Crippen LogP contribution in [0.2, 0.25) is 0 Å². The summed E-state index contributed by atoms with van der Waals surface area (Å²) in [6.45, 7) is 21.4. The third-order valence-electron chi connectivity index (χ3n) is 9.59. The lowest BCUT2D eigenvalue weighted by atomic mass is 9.81. The summed E-state index contributed by atoms with van der Waals surface area (Å²) in [6.07, 6.45) is 3.87. The number of phenolic OH excluding ortho intramolecular Hbond substituents is 2. The maximum atomic E-state index is 10.9. The highest BCUT2D eigenvalue weighted by molar-refractivity contribution is 7.99. The first-order valence-electron chi connectivity index (χ1n) is 16.5. The molecule has 4 aromatic rings. The Morgan fingerprint density at radius 2 is 0.822 bits per heavy atom. The average molecular weight is 623 g/mol. The predicted octanol–water partition coefficient (Wildman–Crippen LogP) is 10.6. The van der Waals surface area contributed by atoms with Gasteiger partial charge in [0.15, 0.2) is 0 Å².